The van der Waals surface area contributed by atoms with Crippen molar-refractivity contribution in [2.75, 3.05) is 18.8 Å². The fourth-order valence-corrected chi connectivity index (χ4v) is 4.59. The summed E-state index contributed by atoms with van der Waals surface area (Å²) in [5.41, 5.74) is 0.669. The minimum Gasteiger partial charge on any atom is -0.443 e. The van der Waals surface area contributed by atoms with Gasteiger partial charge in [-0.1, -0.05) is 6.07 Å². The van der Waals surface area contributed by atoms with Gasteiger partial charge in [0.2, 0.25) is 21.8 Å². The molecule has 0 saturated carbocycles. The van der Waals surface area contributed by atoms with Gasteiger partial charge in [-0.15, -0.1) is 11.3 Å². The number of hydrogen-bond acceptors (Lipinski definition) is 6. The Balaban J connectivity index is 1.49. The number of carbonyl (C=O) groups is 1. The minimum atomic E-state index is -3.16. The molecule has 7 nitrogen and oxygen atoms in total. The number of carbonyl (C=O) groups excluding carboxylic acids is 1. The number of amides is 1. The van der Waals surface area contributed by atoms with Gasteiger partial charge in [0.25, 0.3) is 0 Å². The first-order valence-electron chi connectivity index (χ1n) is 8.23. The molecule has 25 heavy (non-hydrogen) atoms. The first-order valence-corrected chi connectivity index (χ1v) is 10.7. The number of nitrogens with zero attached hydrogens (tertiary/aromatic N) is 2. The first kappa shape index (κ1) is 18.1. The summed E-state index contributed by atoms with van der Waals surface area (Å²) in [5, 5.41) is 4.82. The molecule has 1 aliphatic heterocycles. The number of sulfonamides is 1. The van der Waals surface area contributed by atoms with E-state index in [4.69, 9.17) is 4.42 Å². The summed E-state index contributed by atoms with van der Waals surface area (Å²) in [6.45, 7) is 2.75. The molecule has 1 amide bonds. The van der Waals surface area contributed by atoms with Gasteiger partial charge in [0.15, 0.2) is 0 Å². The highest BCUT2D eigenvalue weighted by atomic mass is 32.2. The quantitative estimate of drug-likeness (QED) is 0.824. The van der Waals surface area contributed by atoms with Crippen molar-refractivity contribution in [2.24, 2.45) is 5.92 Å². The summed E-state index contributed by atoms with van der Waals surface area (Å²) in [5.74, 6) is 0.432. The number of oxazole rings is 1. The summed E-state index contributed by atoms with van der Waals surface area (Å²) in [6.07, 6.45) is 2.64. The van der Waals surface area contributed by atoms with Crippen LogP contribution in [0.15, 0.2) is 28.2 Å². The zero-order valence-corrected chi connectivity index (χ0v) is 15.6. The molecule has 0 aliphatic carbocycles. The SMILES string of the molecule is CCS(=O)(=O)N1CCC(C(=O)NCc2coc(-c3cccs3)n2)CC1. The summed E-state index contributed by atoms with van der Waals surface area (Å²) in [6, 6.07) is 3.85. The van der Waals surface area contributed by atoms with Crippen LogP contribution < -0.4 is 5.32 Å². The highest BCUT2D eigenvalue weighted by Crippen LogP contribution is 2.24. The number of thiophene rings is 1. The van der Waals surface area contributed by atoms with Crippen LogP contribution in [-0.4, -0.2) is 42.5 Å². The van der Waals surface area contributed by atoms with Crippen molar-refractivity contribution in [1.82, 2.24) is 14.6 Å². The molecule has 0 atom stereocenters. The van der Waals surface area contributed by atoms with Crippen molar-refractivity contribution in [2.45, 2.75) is 26.3 Å². The van der Waals surface area contributed by atoms with Gasteiger partial charge >= 0.3 is 0 Å². The Kier molecular flexibility index (Phi) is 5.55. The molecule has 0 bridgehead atoms. The van der Waals surface area contributed by atoms with E-state index in [2.05, 4.69) is 10.3 Å². The van der Waals surface area contributed by atoms with E-state index in [-0.39, 0.29) is 17.6 Å². The van der Waals surface area contributed by atoms with Crippen LogP contribution in [0.3, 0.4) is 0 Å². The van der Waals surface area contributed by atoms with Crippen LogP contribution in [0.5, 0.6) is 0 Å². The van der Waals surface area contributed by atoms with Crippen molar-refractivity contribution in [3.8, 4) is 10.8 Å². The van der Waals surface area contributed by atoms with Crippen LogP contribution in [-0.2, 0) is 21.4 Å². The Morgan fingerprint density at radius 3 is 2.84 bits per heavy atom. The molecule has 1 N–H and O–H groups in total. The van der Waals surface area contributed by atoms with Gasteiger partial charge in [-0.3, -0.25) is 4.79 Å². The number of hydrogen-bond donors (Lipinski definition) is 1. The van der Waals surface area contributed by atoms with Gasteiger partial charge in [-0.2, -0.15) is 0 Å². The summed E-state index contributed by atoms with van der Waals surface area (Å²) in [4.78, 5) is 17.6. The maximum Gasteiger partial charge on any atom is 0.236 e. The van der Waals surface area contributed by atoms with E-state index >= 15 is 0 Å². The smallest absolute Gasteiger partial charge is 0.236 e. The lowest BCUT2D eigenvalue weighted by atomic mass is 9.97. The zero-order valence-electron chi connectivity index (χ0n) is 14.0. The van der Waals surface area contributed by atoms with Crippen LogP contribution >= 0.6 is 11.3 Å². The largest absolute Gasteiger partial charge is 0.443 e. The molecule has 2 aromatic heterocycles. The highest BCUT2D eigenvalue weighted by Gasteiger charge is 2.30. The molecule has 3 rings (SSSR count). The van der Waals surface area contributed by atoms with E-state index in [1.54, 1.807) is 24.5 Å². The molecule has 136 valence electrons. The number of nitrogens with one attached hydrogen (secondary N) is 1. The van der Waals surface area contributed by atoms with Gasteiger partial charge < -0.3 is 9.73 Å². The molecule has 1 aliphatic rings. The second kappa shape index (κ2) is 7.67. The van der Waals surface area contributed by atoms with Gasteiger partial charge in [0, 0.05) is 19.0 Å². The van der Waals surface area contributed by atoms with E-state index in [0.29, 0.717) is 44.1 Å². The predicted octanol–water partition coefficient (Wildman–Crippen LogP) is 2.08. The van der Waals surface area contributed by atoms with Crippen LogP contribution in [0.1, 0.15) is 25.5 Å². The summed E-state index contributed by atoms with van der Waals surface area (Å²) in [7, 11) is -3.16. The monoisotopic (exact) mass is 383 g/mol. The molecule has 0 unspecified atom stereocenters. The average molecular weight is 383 g/mol. The Labute approximate surface area is 151 Å². The van der Waals surface area contributed by atoms with E-state index in [1.165, 1.54) is 4.31 Å². The van der Waals surface area contributed by atoms with Crippen molar-refractivity contribution >= 4 is 27.3 Å². The van der Waals surface area contributed by atoms with Crippen molar-refractivity contribution in [3.63, 3.8) is 0 Å². The zero-order chi connectivity index (χ0) is 17.9. The van der Waals surface area contributed by atoms with Gasteiger partial charge in [0.05, 0.1) is 22.9 Å². The second-order valence-corrected chi connectivity index (χ2v) is 9.12. The minimum absolute atomic E-state index is 0.0609. The highest BCUT2D eigenvalue weighted by molar-refractivity contribution is 7.89. The predicted molar refractivity (Wildman–Crippen MR) is 95.4 cm³/mol. The third-order valence-corrected chi connectivity index (χ3v) is 7.05. The normalized spacial score (nSPS) is 16.8. The molecule has 2 aromatic rings. The van der Waals surface area contributed by atoms with Crippen molar-refractivity contribution < 1.29 is 17.6 Å². The topological polar surface area (TPSA) is 92.5 Å². The maximum absolute atomic E-state index is 12.3. The first-order chi connectivity index (χ1) is 12.0. The third-order valence-electron chi connectivity index (χ3n) is 4.31. The van der Waals surface area contributed by atoms with E-state index in [9.17, 15) is 13.2 Å². The molecule has 1 fully saturated rings. The summed E-state index contributed by atoms with van der Waals surface area (Å²) >= 11 is 1.54. The summed E-state index contributed by atoms with van der Waals surface area (Å²) < 4.78 is 30.6. The van der Waals surface area contributed by atoms with E-state index in [1.807, 2.05) is 17.5 Å². The van der Waals surface area contributed by atoms with Crippen LogP contribution in [0.25, 0.3) is 10.8 Å². The van der Waals surface area contributed by atoms with Crippen molar-refractivity contribution in [1.29, 1.82) is 0 Å². The Morgan fingerprint density at radius 2 is 2.20 bits per heavy atom. The van der Waals surface area contributed by atoms with Crippen LogP contribution in [0.2, 0.25) is 0 Å². The number of piperidine rings is 1. The average Bonchev–Trinajstić information content (AvgIpc) is 3.31. The van der Waals surface area contributed by atoms with Gasteiger partial charge in [-0.05, 0) is 31.2 Å². The van der Waals surface area contributed by atoms with Gasteiger partial charge in [0.1, 0.15) is 6.26 Å². The lowest BCUT2D eigenvalue weighted by Gasteiger charge is -2.30. The maximum atomic E-state index is 12.3. The molecule has 0 radical (unpaired) electrons. The number of rotatable bonds is 6. The lowest BCUT2D eigenvalue weighted by Crippen LogP contribution is -2.43. The fourth-order valence-electron chi connectivity index (χ4n) is 2.80. The fraction of sp³-hybridized carbons (Fsp3) is 0.500. The second-order valence-electron chi connectivity index (χ2n) is 5.91. The Hall–Kier alpha value is -1.71. The molecular formula is C16H21N3O4S2. The molecule has 0 aromatic carbocycles. The van der Waals surface area contributed by atoms with E-state index in [0.717, 1.165) is 4.88 Å². The lowest BCUT2D eigenvalue weighted by molar-refractivity contribution is -0.126. The standard InChI is InChI=1S/C16H21N3O4S2/c1-2-25(21,22)19-7-5-12(6-8-19)15(20)17-10-13-11-23-16(18-13)14-4-3-9-24-14/h3-4,9,11-12H,2,5-8,10H2,1H3,(H,17,20). The molecular weight excluding hydrogens is 362 g/mol. The van der Waals surface area contributed by atoms with E-state index < -0.39 is 10.0 Å². The van der Waals surface area contributed by atoms with Crippen LogP contribution in [0.4, 0.5) is 0 Å². The Morgan fingerprint density at radius 1 is 1.44 bits per heavy atom. The third kappa shape index (κ3) is 4.28. The molecule has 0 spiro atoms. The Bertz CT molecular complexity index is 806. The number of aromatic nitrogens is 1. The van der Waals surface area contributed by atoms with Crippen LogP contribution in [0, 0.1) is 5.92 Å². The molecule has 9 heteroatoms. The molecule has 3 heterocycles. The van der Waals surface area contributed by atoms with Crippen molar-refractivity contribution in [3.05, 3.63) is 29.5 Å². The van der Waals surface area contributed by atoms with Gasteiger partial charge in [-0.25, -0.2) is 17.7 Å². The molecule has 1 saturated heterocycles.